The molecule has 3 aromatic rings. The van der Waals surface area contributed by atoms with Crippen LogP contribution in [0.2, 0.25) is 0 Å². The summed E-state index contributed by atoms with van der Waals surface area (Å²) in [4.78, 5) is 16.6. The number of thiazole rings is 1. The van der Waals surface area contributed by atoms with Crippen LogP contribution in [-0.2, 0) is 11.3 Å². The molecule has 1 heterocycles. The van der Waals surface area contributed by atoms with Gasteiger partial charge in [0.1, 0.15) is 11.6 Å². The molecule has 0 unspecified atom stereocenters. The largest absolute Gasteiger partial charge is 0.484 e. The molecular weight excluding hydrogens is 339 g/mol. The average molecular weight is 354 g/mol. The fourth-order valence-electron chi connectivity index (χ4n) is 2.40. The second kappa shape index (κ2) is 7.32. The number of carbonyl (C=O) groups is 1. The Hall–Kier alpha value is -2.91. The number of aromatic nitrogens is 1. The molecule has 2 aromatic carbocycles. The molecule has 4 nitrogen and oxygen atoms in total. The maximum atomic E-state index is 14.1. The SMILES string of the molecule is C#CCn1c(=NC(=O)COc2cccc(C)c2)sc2cccc(F)c21. The number of rotatable bonds is 4. The maximum absolute atomic E-state index is 14.1. The lowest BCUT2D eigenvalue weighted by Crippen LogP contribution is -2.19. The van der Waals surface area contributed by atoms with E-state index < -0.39 is 11.7 Å². The van der Waals surface area contributed by atoms with E-state index in [1.165, 1.54) is 22.0 Å². The number of nitrogens with zero attached hydrogens (tertiary/aromatic N) is 2. The van der Waals surface area contributed by atoms with Gasteiger partial charge in [0, 0.05) is 0 Å². The van der Waals surface area contributed by atoms with Crippen LogP contribution in [0.1, 0.15) is 5.56 Å². The van der Waals surface area contributed by atoms with E-state index in [9.17, 15) is 9.18 Å². The molecule has 0 radical (unpaired) electrons. The van der Waals surface area contributed by atoms with Crippen molar-refractivity contribution in [3.63, 3.8) is 0 Å². The smallest absolute Gasteiger partial charge is 0.286 e. The molecule has 1 amide bonds. The molecule has 1 aromatic heterocycles. The van der Waals surface area contributed by atoms with Crippen molar-refractivity contribution in [3.05, 3.63) is 58.6 Å². The molecule has 25 heavy (non-hydrogen) atoms. The standard InChI is InChI=1S/C19H15FN2O2S/c1-3-10-22-18-15(20)8-5-9-16(18)25-19(22)21-17(23)12-24-14-7-4-6-13(2)11-14/h1,4-9,11H,10,12H2,2H3. The molecule has 3 rings (SSSR count). The Balaban J connectivity index is 1.90. The molecule has 0 bridgehead atoms. The Kier molecular flexibility index (Phi) is 4.96. The predicted octanol–water partition coefficient (Wildman–Crippen LogP) is 3.29. The van der Waals surface area contributed by atoms with E-state index in [-0.39, 0.29) is 13.2 Å². The minimum atomic E-state index is -0.459. The van der Waals surface area contributed by atoms with Crippen molar-refractivity contribution in [1.29, 1.82) is 0 Å². The lowest BCUT2D eigenvalue weighted by atomic mass is 10.2. The van der Waals surface area contributed by atoms with Gasteiger partial charge < -0.3 is 9.30 Å². The molecule has 0 aliphatic carbocycles. The molecule has 6 heteroatoms. The van der Waals surface area contributed by atoms with Gasteiger partial charge in [0.15, 0.2) is 11.4 Å². The second-order valence-electron chi connectivity index (χ2n) is 5.37. The third-order valence-corrected chi connectivity index (χ3v) is 4.52. The number of terminal acetylenes is 1. The molecule has 0 saturated heterocycles. The zero-order valence-corrected chi connectivity index (χ0v) is 14.3. The summed E-state index contributed by atoms with van der Waals surface area (Å²) in [6, 6.07) is 12.1. The minimum Gasteiger partial charge on any atom is -0.484 e. The number of carbonyl (C=O) groups excluding carboxylic acids is 1. The molecule has 0 atom stereocenters. The van der Waals surface area contributed by atoms with Crippen molar-refractivity contribution in [1.82, 2.24) is 4.57 Å². The first-order valence-corrected chi connectivity index (χ1v) is 8.38. The molecule has 126 valence electrons. The topological polar surface area (TPSA) is 43.6 Å². The first-order valence-electron chi connectivity index (χ1n) is 7.57. The summed E-state index contributed by atoms with van der Waals surface area (Å²) in [5.74, 6) is 2.21. The fraction of sp³-hybridized carbons (Fsp3) is 0.158. The third kappa shape index (κ3) is 3.78. The highest BCUT2D eigenvalue weighted by atomic mass is 32.1. The van der Waals surface area contributed by atoms with Crippen LogP contribution in [0, 0.1) is 25.1 Å². The van der Waals surface area contributed by atoms with Gasteiger partial charge in [-0.3, -0.25) is 4.79 Å². The van der Waals surface area contributed by atoms with Crippen LogP contribution >= 0.6 is 11.3 Å². The molecule has 0 N–H and O–H groups in total. The fourth-order valence-corrected chi connectivity index (χ4v) is 3.46. The summed E-state index contributed by atoms with van der Waals surface area (Å²) in [7, 11) is 0. The number of ether oxygens (including phenoxy) is 1. The zero-order valence-electron chi connectivity index (χ0n) is 13.5. The van der Waals surface area contributed by atoms with E-state index in [1.54, 1.807) is 18.2 Å². The van der Waals surface area contributed by atoms with Gasteiger partial charge in [-0.25, -0.2) is 4.39 Å². The van der Waals surface area contributed by atoms with Crippen LogP contribution in [0.25, 0.3) is 10.2 Å². The van der Waals surface area contributed by atoms with Crippen molar-refractivity contribution < 1.29 is 13.9 Å². The highest BCUT2D eigenvalue weighted by Crippen LogP contribution is 2.20. The highest BCUT2D eigenvalue weighted by molar-refractivity contribution is 7.16. The highest BCUT2D eigenvalue weighted by Gasteiger charge is 2.11. The monoisotopic (exact) mass is 354 g/mol. The van der Waals surface area contributed by atoms with Crippen molar-refractivity contribution in [2.75, 3.05) is 6.61 Å². The molecule has 0 saturated carbocycles. The van der Waals surface area contributed by atoms with E-state index in [0.29, 0.717) is 20.8 Å². The second-order valence-corrected chi connectivity index (χ2v) is 6.38. The Labute approximate surface area is 148 Å². The summed E-state index contributed by atoms with van der Waals surface area (Å²) in [6.07, 6.45) is 5.37. The lowest BCUT2D eigenvalue weighted by molar-refractivity contribution is -0.120. The average Bonchev–Trinajstić information content (AvgIpc) is 2.92. The van der Waals surface area contributed by atoms with Crippen LogP contribution < -0.4 is 9.54 Å². The van der Waals surface area contributed by atoms with Crippen LogP contribution in [0.4, 0.5) is 4.39 Å². The Morgan fingerprint density at radius 1 is 1.36 bits per heavy atom. The molecule has 0 fully saturated rings. The third-order valence-electron chi connectivity index (χ3n) is 3.47. The predicted molar refractivity (Wildman–Crippen MR) is 95.9 cm³/mol. The van der Waals surface area contributed by atoms with Gasteiger partial charge in [0.05, 0.1) is 16.8 Å². The zero-order chi connectivity index (χ0) is 17.8. The van der Waals surface area contributed by atoms with E-state index in [4.69, 9.17) is 11.2 Å². The molecule has 0 aliphatic rings. The van der Waals surface area contributed by atoms with E-state index in [1.807, 2.05) is 25.1 Å². The van der Waals surface area contributed by atoms with Crippen LogP contribution in [0.15, 0.2) is 47.5 Å². The van der Waals surface area contributed by atoms with Gasteiger partial charge in [0.2, 0.25) is 0 Å². The van der Waals surface area contributed by atoms with Crippen LogP contribution in [0.5, 0.6) is 5.75 Å². The Bertz CT molecular complexity index is 1040. The number of benzene rings is 2. The maximum Gasteiger partial charge on any atom is 0.286 e. The van der Waals surface area contributed by atoms with Gasteiger partial charge in [0.25, 0.3) is 5.91 Å². The van der Waals surface area contributed by atoms with Crippen molar-refractivity contribution in [3.8, 4) is 18.1 Å². The number of aryl methyl sites for hydroxylation is 1. The van der Waals surface area contributed by atoms with Gasteiger partial charge >= 0.3 is 0 Å². The van der Waals surface area contributed by atoms with Gasteiger partial charge in [-0.05, 0) is 36.8 Å². The van der Waals surface area contributed by atoms with Crippen LogP contribution in [0.3, 0.4) is 0 Å². The molecule has 0 spiro atoms. The summed E-state index contributed by atoms with van der Waals surface area (Å²) >= 11 is 1.21. The van der Waals surface area contributed by atoms with E-state index in [0.717, 1.165) is 5.56 Å². The number of halogens is 1. The minimum absolute atomic E-state index is 0.131. The Morgan fingerprint density at radius 2 is 2.16 bits per heavy atom. The number of hydrogen-bond acceptors (Lipinski definition) is 3. The van der Waals surface area contributed by atoms with E-state index >= 15 is 0 Å². The molecule has 0 aliphatic heterocycles. The number of fused-ring (bicyclic) bond motifs is 1. The van der Waals surface area contributed by atoms with Gasteiger partial charge in [-0.1, -0.05) is 35.5 Å². The van der Waals surface area contributed by atoms with Crippen molar-refractivity contribution >= 4 is 27.5 Å². The van der Waals surface area contributed by atoms with E-state index in [2.05, 4.69) is 10.9 Å². The van der Waals surface area contributed by atoms with Crippen molar-refractivity contribution in [2.45, 2.75) is 13.5 Å². The summed E-state index contributed by atoms with van der Waals surface area (Å²) in [6.45, 7) is 1.87. The Morgan fingerprint density at radius 3 is 2.92 bits per heavy atom. The van der Waals surface area contributed by atoms with Gasteiger partial charge in [-0.15, -0.1) is 6.42 Å². The summed E-state index contributed by atoms with van der Waals surface area (Å²) in [5, 5.41) is 0. The van der Waals surface area contributed by atoms with Crippen molar-refractivity contribution in [2.24, 2.45) is 4.99 Å². The lowest BCUT2D eigenvalue weighted by Gasteiger charge is -2.04. The first-order chi connectivity index (χ1) is 12.1. The van der Waals surface area contributed by atoms with Gasteiger partial charge in [-0.2, -0.15) is 4.99 Å². The number of amides is 1. The molecular formula is C19H15FN2O2S. The quantitative estimate of drug-likeness (QED) is 0.675. The number of para-hydroxylation sites is 1. The first kappa shape index (κ1) is 16.9. The summed E-state index contributed by atoms with van der Waals surface area (Å²) < 4.78 is 21.8. The van der Waals surface area contributed by atoms with Crippen LogP contribution in [-0.4, -0.2) is 17.1 Å². The normalized spacial score (nSPS) is 11.5. The number of hydrogen-bond donors (Lipinski definition) is 0. The summed E-state index contributed by atoms with van der Waals surface area (Å²) in [5.41, 5.74) is 1.39.